The lowest BCUT2D eigenvalue weighted by Gasteiger charge is -2.07. The first-order chi connectivity index (χ1) is 15.8. The van der Waals surface area contributed by atoms with Gasteiger partial charge in [-0.15, -0.1) is 6.42 Å². The van der Waals surface area contributed by atoms with Crippen LogP contribution in [-0.2, 0) is 11.8 Å². The molecule has 0 unspecified atom stereocenters. The number of rotatable bonds is 8. The second kappa shape index (κ2) is 10.4. The number of amides is 2. The Morgan fingerprint density at radius 3 is 2.55 bits per heavy atom. The Kier molecular flexibility index (Phi) is 7.34. The summed E-state index contributed by atoms with van der Waals surface area (Å²) in [6, 6.07) is 15.5. The van der Waals surface area contributed by atoms with Crippen molar-refractivity contribution in [2.45, 2.75) is 0 Å². The van der Waals surface area contributed by atoms with Gasteiger partial charge in [0.25, 0.3) is 11.8 Å². The van der Waals surface area contributed by atoms with Crippen LogP contribution in [0.4, 0.5) is 11.5 Å². The Balaban J connectivity index is 1.71. The number of aryl methyl sites for hydroxylation is 1. The zero-order chi connectivity index (χ0) is 24.0. The van der Waals surface area contributed by atoms with Crippen molar-refractivity contribution in [2.24, 2.45) is 7.05 Å². The van der Waals surface area contributed by atoms with E-state index >= 15 is 0 Å². The van der Waals surface area contributed by atoms with Crippen molar-refractivity contribution in [1.82, 2.24) is 9.78 Å². The molecule has 2 amide bonds. The number of carbonyl (C=O) groups is 2. The number of ether oxygens (including phenoxy) is 1. The van der Waals surface area contributed by atoms with Gasteiger partial charge in [-0.05, 0) is 30.3 Å². The van der Waals surface area contributed by atoms with Crippen LogP contribution in [0, 0.1) is 12.3 Å². The van der Waals surface area contributed by atoms with Crippen LogP contribution < -0.4 is 15.4 Å². The van der Waals surface area contributed by atoms with Crippen LogP contribution in [0.15, 0.2) is 78.4 Å². The van der Waals surface area contributed by atoms with Crippen molar-refractivity contribution in [3.63, 3.8) is 0 Å². The first-order valence-electron chi connectivity index (χ1n) is 9.75. The van der Waals surface area contributed by atoms with E-state index in [2.05, 4.69) is 34.8 Å². The average Bonchev–Trinajstić information content (AvgIpc) is 3.17. The van der Waals surface area contributed by atoms with Gasteiger partial charge < -0.3 is 15.4 Å². The molecule has 7 nitrogen and oxygen atoms in total. The van der Waals surface area contributed by atoms with Crippen molar-refractivity contribution < 1.29 is 14.3 Å². The van der Waals surface area contributed by atoms with Gasteiger partial charge >= 0.3 is 0 Å². The molecule has 0 aliphatic heterocycles. The lowest BCUT2D eigenvalue weighted by atomic mass is 10.1. The first-order valence-corrected chi connectivity index (χ1v) is 10.1. The smallest absolute Gasteiger partial charge is 0.256 e. The molecule has 3 rings (SSSR count). The summed E-state index contributed by atoms with van der Waals surface area (Å²) in [5.74, 6) is 2.67. The van der Waals surface area contributed by atoms with Gasteiger partial charge in [-0.3, -0.25) is 14.3 Å². The average molecular weight is 461 g/mol. The van der Waals surface area contributed by atoms with E-state index in [9.17, 15) is 9.59 Å². The minimum atomic E-state index is -0.431. The molecule has 1 heterocycles. The Morgan fingerprint density at radius 1 is 1.15 bits per heavy atom. The third kappa shape index (κ3) is 5.91. The molecule has 0 atom stereocenters. The lowest BCUT2D eigenvalue weighted by Crippen LogP contribution is -2.14. The third-order valence-electron chi connectivity index (χ3n) is 4.58. The van der Waals surface area contributed by atoms with Crippen LogP contribution >= 0.6 is 11.6 Å². The molecule has 33 heavy (non-hydrogen) atoms. The molecule has 0 bridgehead atoms. The second-order valence-corrected chi connectivity index (χ2v) is 7.38. The van der Waals surface area contributed by atoms with Gasteiger partial charge in [-0.25, -0.2) is 0 Å². The molecular weight excluding hydrogens is 440 g/mol. The van der Waals surface area contributed by atoms with Crippen molar-refractivity contribution >= 4 is 34.9 Å². The SMILES string of the molecule is C#CCOc1cccc(C(=O)Nc2cc(-c3ccc(NC(=O)C(=C)C(=C)Cl)cc3)nn2C)c1. The summed E-state index contributed by atoms with van der Waals surface area (Å²) < 4.78 is 6.93. The minimum Gasteiger partial charge on any atom is -0.481 e. The highest BCUT2D eigenvalue weighted by Gasteiger charge is 2.13. The molecule has 8 heteroatoms. The van der Waals surface area contributed by atoms with Gasteiger partial charge in [0.05, 0.1) is 11.3 Å². The highest BCUT2D eigenvalue weighted by atomic mass is 35.5. The Morgan fingerprint density at radius 2 is 1.88 bits per heavy atom. The summed E-state index contributed by atoms with van der Waals surface area (Å²) in [6.07, 6.45) is 5.20. The van der Waals surface area contributed by atoms with E-state index in [0.29, 0.717) is 28.5 Å². The molecular formula is C25H21ClN4O3. The maximum atomic E-state index is 12.7. The summed E-state index contributed by atoms with van der Waals surface area (Å²) in [4.78, 5) is 24.7. The van der Waals surface area contributed by atoms with Crippen LogP contribution in [0.2, 0.25) is 0 Å². The summed E-state index contributed by atoms with van der Waals surface area (Å²) in [7, 11) is 1.73. The Bertz CT molecular complexity index is 1270. The number of carbonyl (C=O) groups excluding carboxylic acids is 2. The number of nitrogens with one attached hydrogen (secondary N) is 2. The van der Waals surface area contributed by atoms with Crippen LogP contribution in [0.5, 0.6) is 5.75 Å². The fraction of sp³-hybridized carbons (Fsp3) is 0.0800. The number of terminal acetylenes is 1. The summed E-state index contributed by atoms with van der Waals surface area (Å²) in [6.45, 7) is 7.20. The molecule has 2 aromatic carbocycles. The number of halogens is 1. The van der Waals surface area contributed by atoms with E-state index < -0.39 is 5.91 Å². The van der Waals surface area contributed by atoms with E-state index in [1.54, 1.807) is 66.3 Å². The molecule has 0 aliphatic rings. The highest BCUT2D eigenvalue weighted by molar-refractivity contribution is 6.35. The predicted octanol–water partition coefficient (Wildman–Crippen LogP) is 4.60. The Labute approximate surface area is 196 Å². The number of nitrogens with zero attached hydrogens (tertiary/aromatic N) is 2. The van der Waals surface area contributed by atoms with Gasteiger partial charge in [0.1, 0.15) is 18.2 Å². The molecule has 0 aliphatic carbocycles. The van der Waals surface area contributed by atoms with Crippen LogP contribution in [0.1, 0.15) is 10.4 Å². The number of aromatic nitrogens is 2. The predicted molar refractivity (Wildman–Crippen MR) is 130 cm³/mol. The largest absolute Gasteiger partial charge is 0.481 e. The molecule has 166 valence electrons. The van der Waals surface area contributed by atoms with Crippen molar-refractivity contribution in [2.75, 3.05) is 17.2 Å². The standard InChI is InChI=1S/C25H21ClN4O3/c1-5-13-33-21-8-6-7-19(14-21)25(32)28-23-15-22(29-30(23)4)18-9-11-20(12-10-18)27-24(31)16(2)17(3)26/h1,6-12,14-15H,2-3,13H2,4H3,(H,27,31)(H,28,32). The molecule has 0 spiro atoms. The summed E-state index contributed by atoms with van der Waals surface area (Å²) in [5, 5.41) is 10.1. The van der Waals surface area contributed by atoms with Crippen LogP contribution in [0.25, 0.3) is 11.3 Å². The van der Waals surface area contributed by atoms with Gasteiger partial charge in [0.15, 0.2) is 0 Å². The van der Waals surface area contributed by atoms with Gasteiger partial charge in [0, 0.05) is 35.0 Å². The van der Waals surface area contributed by atoms with E-state index in [1.165, 1.54) is 0 Å². The van der Waals surface area contributed by atoms with Gasteiger partial charge in [-0.1, -0.05) is 48.9 Å². The maximum Gasteiger partial charge on any atom is 0.256 e. The van der Waals surface area contributed by atoms with Gasteiger partial charge in [-0.2, -0.15) is 5.10 Å². The zero-order valence-corrected chi connectivity index (χ0v) is 18.6. The number of hydrogen-bond donors (Lipinski definition) is 2. The van der Waals surface area contributed by atoms with Crippen LogP contribution in [0.3, 0.4) is 0 Å². The highest BCUT2D eigenvalue weighted by Crippen LogP contribution is 2.24. The van der Waals surface area contributed by atoms with E-state index in [4.69, 9.17) is 22.8 Å². The first kappa shape index (κ1) is 23.4. The van der Waals surface area contributed by atoms with Crippen molar-refractivity contribution in [3.8, 4) is 29.4 Å². The molecule has 0 saturated carbocycles. The zero-order valence-electron chi connectivity index (χ0n) is 17.9. The quantitative estimate of drug-likeness (QED) is 0.292. The van der Waals surface area contributed by atoms with E-state index in [0.717, 1.165) is 5.56 Å². The molecule has 0 saturated heterocycles. The topological polar surface area (TPSA) is 85.2 Å². The summed E-state index contributed by atoms with van der Waals surface area (Å²) >= 11 is 5.71. The molecule has 1 aromatic heterocycles. The van der Waals surface area contributed by atoms with Crippen LogP contribution in [-0.4, -0.2) is 28.2 Å². The number of hydrogen-bond acceptors (Lipinski definition) is 4. The summed E-state index contributed by atoms with van der Waals surface area (Å²) in [5.41, 5.74) is 2.54. The monoisotopic (exact) mass is 460 g/mol. The molecule has 0 fully saturated rings. The van der Waals surface area contributed by atoms with E-state index in [1.807, 2.05) is 0 Å². The molecule has 3 aromatic rings. The third-order valence-corrected chi connectivity index (χ3v) is 4.81. The number of anilines is 2. The van der Waals surface area contributed by atoms with Gasteiger partial charge in [0.2, 0.25) is 0 Å². The molecule has 2 N–H and O–H groups in total. The van der Waals surface area contributed by atoms with E-state index in [-0.39, 0.29) is 23.1 Å². The fourth-order valence-corrected chi connectivity index (χ4v) is 2.91. The minimum absolute atomic E-state index is 0.0824. The fourth-order valence-electron chi connectivity index (χ4n) is 2.82. The van der Waals surface area contributed by atoms with Crippen molar-refractivity contribution in [1.29, 1.82) is 0 Å². The molecule has 0 radical (unpaired) electrons. The lowest BCUT2D eigenvalue weighted by molar-refractivity contribution is -0.112. The maximum absolute atomic E-state index is 12.7. The normalized spacial score (nSPS) is 10.1. The Hall–Kier alpha value is -4.28. The second-order valence-electron chi connectivity index (χ2n) is 6.93. The number of benzene rings is 2. The van der Waals surface area contributed by atoms with Crippen molar-refractivity contribution in [3.05, 3.63) is 83.9 Å².